The summed E-state index contributed by atoms with van der Waals surface area (Å²) in [5.74, 6) is -0.933. The second kappa shape index (κ2) is 6.12. The zero-order valence-corrected chi connectivity index (χ0v) is 12.9. The number of hydrogen-bond acceptors (Lipinski definition) is 2. The van der Waals surface area contributed by atoms with Crippen molar-refractivity contribution in [3.8, 4) is 0 Å². The third-order valence-electron chi connectivity index (χ3n) is 3.70. The SMILES string of the molecule is Fc1cc(NC2CCNCc3ccccc32)c(F)cc1Br. The van der Waals surface area contributed by atoms with E-state index < -0.39 is 11.6 Å². The Kier molecular flexibility index (Phi) is 4.22. The first kappa shape index (κ1) is 14.5. The highest BCUT2D eigenvalue weighted by molar-refractivity contribution is 9.10. The molecule has 1 aliphatic heterocycles. The molecule has 21 heavy (non-hydrogen) atoms. The van der Waals surface area contributed by atoms with Crippen molar-refractivity contribution in [1.82, 2.24) is 5.32 Å². The third kappa shape index (κ3) is 3.09. The minimum Gasteiger partial charge on any atom is -0.376 e. The molecule has 0 fully saturated rings. The fourth-order valence-corrected chi connectivity index (χ4v) is 2.95. The number of halogens is 3. The van der Waals surface area contributed by atoms with E-state index in [9.17, 15) is 8.78 Å². The first-order valence-corrected chi connectivity index (χ1v) is 7.64. The Morgan fingerprint density at radius 3 is 2.81 bits per heavy atom. The molecular formula is C16H15BrF2N2. The van der Waals surface area contributed by atoms with Gasteiger partial charge in [-0.25, -0.2) is 8.78 Å². The monoisotopic (exact) mass is 352 g/mol. The molecule has 0 amide bonds. The van der Waals surface area contributed by atoms with Crippen molar-refractivity contribution in [3.63, 3.8) is 0 Å². The van der Waals surface area contributed by atoms with Gasteiger partial charge in [-0.1, -0.05) is 24.3 Å². The summed E-state index contributed by atoms with van der Waals surface area (Å²) in [6.45, 7) is 1.62. The lowest BCUT2D eigenvalue weighted by Gasteiger charge is -2.21. The van der Waals surface area contributed by atoms with Crippen molar-refractivity contribution in [2.24, 2.45) is 0 Å². The molecule has 1 heterocycles. The first-order valence-electron chi connectivity index (χ1n) is 6.85. The van der Waals surface area contributed by atoms with Gasteiger partial charge in [0.1, 0.15) is 11.6 Å². The average Bonchev–Trinajstić information content (AvgIpc) is 2.67. The van der Waals surface area contributed by atoms with Crippen LogP contribution in [0.3, 0.4) is 0 Å². The number of anilines is 1. The molecule has 1 aliphatic rings. The van der Waals surface area contributed by atoms with Crippen molar-refractivity contribution in [2.75, 3.05) is 11.9 Å². The summed E-state index contributed by atoms with van der Waals surface area (Å²) in [5, 5.41) is 6.48. The van der Waals surface area contributed by atoms with Gasteiger partial charge in [0.2, 0.25) is 0 Å². The standard InChI is InChI=1S/C16H15BrF2N2/c17-12-7-14(19)16(8-13(12)18)21-15-5-6-20-9-10-3-1-2-4-11(10)15/h1-4,7-8,15,20-21H,5-6,9H2. The first-order chi connectivity index (χ1) is 10.1. The topological polar surface area (TPSA) is 24.1 Å². The summed E-state index contributed by atoms with van der Waals surface area (Å²) >= 11 is 2.99. The van der Waals surface area contributed by atoms with Crippen LogP contribution in [0.1, 0.15) is 23.6 Å². The molecule has 1 atom stereocenters. The number of hydrogen-bond donors (Lipinski definition) is 2. The van der Waals surface area contributed by atoms with Crippen LogP contribution in [-0.2, 0) is 6.54 Å². The second-order valence-electron chi connectivity index (χ2n) is 5.11. The summed E-state index contributed by atoms with van der Waals surface area (Å²) in [6, 6.07) is 10.4. The summed E-state index contributed by atoms with van der Waals surface area (Å²) in [7, 11) is 0. The summed E-state index contributed by atoms with van der Waals surface area (Å²) in [4.78, 5) is 0. The quantitative estimate of drug-likeness (QED) is 0.784. The molecule has 0 saturated carbocycles. The minimum absolute atomic E-state index is 0.0359. The van der Waals surface area contributed by atoms with Crippen molar-refractivity contribution in [1.29, 1.82) is 0 Å². The zero-order valence-electron chi connectivity index (χ0n) is 11.3. The number of rotatable bonds is 2. The van der Waals surface area contributed by atoms with E-state index in [4.69, 9.17) is 0 Å². The summed E-state index contributed by atoms with van der Waals surface area (Å²) in [5.41, 5.74) is 2.51. The van der Waals surface area contributed by atoms with Crippen LogP contribution >= 0.6 is 15.9 Å². The van der Waals surface area contributed by atoms with Crippen molar-refractivity contribution in [3.05, 3.63) is 63.6 Å². The average molecular weight is 353 g/mol. The number of fused-ring (bicyclic) bond motifs is 1. The summed E-state index contributed by atoms with van der Waals surface area (Å²) in [6.07, 6.45) is 0.814. The Bertz CT molecular complexity index is 661. The third-order valence-corrected chi connectivity index (χ3v) is 4.30. The van der Waals surface area contributed by atoms with Crippen LogP contribution in [0.4, 0.5) is 14.5 Å². The Balaban J connectivity index is 1.93. The highest BCUT2D eigenvalue weighted by Gasteiger charge is 2.19. The van der Waals surface area contributed by atoms with Gasteiger partial charge in [0.25, 0.3) is 0 Å². The molecule has 2 aromatic carbocycles. The van der Waals surface area contributed by atoms with E-state index in [2.05, 4.69) is 32.6 Å². The smallest absolute Gasteiger partial charge is 0.147 e. The minimum atomic E-state index is -0.473. The molecule has 0 spiro atoms. The van der Waals surface area contributed by atoms with Crippen LogP contribution < -0.4 is 10.6 Å². The maximum absolute atomic E-state index is 14.0. The molecule has 2 nitrogen and oxygen atoms in total. The van der Waals surface area contributed by atoms with E-state index in [0.29, 0.717) is 0 Å². The Labute approximate surface area is 130 Å². The second-order valence-corrected chi connectivity index (χ2v) is 5.96. The van der Waals surface area contributed by atoms with Crippen molar-refractivity contribution < 1.29 is 8.78 Å². The Morgan fingerprint density at radius 1 is 1.14 bits per heavy atom. The van der Waals surface area contributed by atoms with E-state index in [1.54, 1.807) is 0 Å². The lowest BCUT2D eigenvalue weighted by atomic mass is 9.99. The molecular weight excluding hydrogens is 338 g/mol. The lowest BCUT2D eigenvalue weighted by Crippen LogP contribution is -2.15. The van der Waals surface area contributed by atoms with Gasteiger partial charge in [-0.3, -0.25) is 0 Å². The largest absolute Gasteiger partial charge is 0.376 e. The maximum Gasteiger partial charge on any atom is 0.147 e. The van der Waals surface area contributed by atoms with Crippen LogP contribution in [0.25, 0.3) is 0 Å². The van der Waals surface area contributed by atoms with Crippen LogP contribution in [0.5, 0.6) is 0 Å². The van der Waals surface area contributed by atoms with Gasteiger partial charge in [-0.05, 0) is 46.1 Å². The number of nitrogens with one attached hydrogen (secondary N) is 2. The molecule has 5 heteroatoms. The highest BCUT2D eigenvalue weighted by atomic mass is 79.9. The lowest BCUT2D eigenvalue weighted by molar-refractivity contribution is 0.589. The molecule has 1 unspecified atom stereocenters. The van der Waals surface area contributed by atoms with E-state index >= 15 is 0 Å². The van der Waals surface area contributed by atoms with Gasteiger partial charge >= 0.3 is 0 Å². The molecule has 0 aromatic heterocycles. The van der Waals surface area contributed by atoms with Gasteiger partial charge in [0, 0.05) is 12.6 Å². The molecule has 0 saturated heterocycles. The molecule has 2 N–H and O–H groups in total. The number of benzene rings is 2. The van der Waals surface area contributed by atoms with Crippen molar-refractivity contribution in [2.45, 2.75) is 19.0 Å². The molecule has 3 rings (SSSR count). The maximum atomic E-state index is 14.0. The predicted octanol–water partition coefficient (Wildman–Crippen LogP) is 4.37. The van der Waals surface area contributed by atoms with Crippen molar-refractivity contribution >= 4 is 21.6 Å². The van der Waals surface area contributed by atoms with Crippen LogP contribution in [0, 0.1) is 11.6 Å². The van der Waals surface area contributed by atoms with Gasteiger partial charge in [0.05, 0.1) is 16.2 Å². The van der Waals surface area contributed by atoms with E-state index in [-0.39, 0.29) is 16.2 Å². The zero-order chi connectivity index (χ0) is 14.8. The predicted molar refractivity (Wildman–Crippen MR) is 83.2 cm³/mol. The summed E-state index contributed by atoms with van der Waals surface area (Å²) < 4.78 is 27.7. The molecule has 0 radical (unpaired) electrons. The van der Waals surface area contributed by atoms with Gasteiger partial charge in [-0.15, -0.1) is 0 Å². The van der Waals surface area contributed by atoms with Gasteiger partial charge in [-0.2, -0.15) is 0 Å². The van der Waals surface area contributed by atoms with Gasteiger partial charge < -0.3 is 10.6 Å². The highest BCUT2D eigenvalue weighted by Crippen LogP contribution is 2.30. The van der Waals surface area contributed by atoms with E-state index in [1.165, 1.54) is 11.6 Å². The fourth-order valence-electron chi connectivity index (χ4n) is 2.63. The van der Waals surface area contributed by atoms with Gasteiger partial charge in [0.15, 0.2) is 0 Å². The Morgan fingerprint density at radius 2 is 1.95 bits per heavy atom. The molecule has 2 aromatic rings. The van der Waals surface area contributed by atoms with Crippen LogP contribution in [0.15, 0.2) is 40.9 Å². The molecule has 0 aliphatic carbocycles. The molecule has 0 bridgehead atoms. The van der Waals surface area contributed by atoms with Crippen LogP contribution in [-0.4, -0.2) is 6.54 Å². The fraction of sp³-hybridized carbons (Fsp3) is 0.250. The van der Waals surface area contributed by atoms with E-state index in [0.717, 1.165) is 31.1 Å². The normalized spacial score (nSPS) is 18.0. The van der Waals surface area contributed by atoms with E-state index in [1.807, 2.05) is 18.2 Å². The molecule has 110 valence electrons. The Hall–Kier alpha value is -1.46. The van der Waals surface area contributed by atoms with Crippen LogP contribution in [0.2, 0.25) is 0 Å².